The summed E-state index contributed by atoms with van der Waals surface area (Å²) in [5, 5.41) is 18.6. The Morgan fingerprint density at radius 1 is 0.588 bits per heavy atom. The van der Waals surface area contributed by atoms with Crippen molar-refractivity contribution in [1.29, 1.82) is 0 Å². The molecule has 6 heteroatoms. The normalized spacial score (nSPS) is 12.6. The van der Waals surface area contributed by atoms with Crippen LogP contribution in [0, 0.1) is 11.8 Å². The van der Waals surface area contributed by atoms with Gasteiger partial charge < -0.3 is 19.7 Å². The third-order valence-electron chi connectivity index (χ3n) is 5.94. The number of unbranched alkanes of at least 4 members (excludes halogenated alkanes) is 7. The maximum Gasteiger partial charge on any atom is 0.314 e. The number of esters is 2. The van der Waals surface area contributed by atoms with Gasteiger partial charge in [-0.3, -0.25) is 9.59 Å². The number of hydrogen-bond acceptors (Lipinski definition) is 6. The quantitative estimate of drug-likeness (QED) is 0.169. The summed E-state index contributed by atoms with van der Waals surface area (Å²) >= 11 is 0. The average Bonchev–Trinajstić information content (AvgIpc) is 2.82. The average molecular weight is 471 g/mol. The van der Waals surface area contributed by atoms with Crippen molar-refractivity contribution < 1.29 is 29.3 Å². The van der Waals surface area contributed by atoms with Gasteiger partial charge in [0.15, 0.2) is 0 Å². The van der Waals surface area contributed by atoms with Crippen molar-refractivity contribution >= 4 is 11.9 Å². The molecule has 2 N–H and O–H groups in total. The van der Waals surface area contributed by atoms with Gasteiger partial charge in [-0.05, 0) is 61.4 Å². The van der Waals surface area contributed by atoms with Gasteiger partial charge in [-0.25, -0.2) is 0 Å². The zero-order valence-corrected chi connectivity index (χ0v) is 20.4. The predicted molar refractivity (Wildman–Crippen MR) is 132 cm³/mol. The highest BCUT2D eigenvalue weighted by Gasteiger charge is 2.16. The molecular formula is C28H38O6. The zero-order chi connectivity index (χ0) is 24.8. The van der Waals surface area contributed by atoms with E-state index in [-0.39, 0.29) is 35.3 Å². The topological polar surface area (TPSA) is 93.1 Å². The minimum absolute atomic E-state index is 0.142. The molecule has 0 amide bonds. The summed E-state index contributed by atoms with van der Waals surface area (Å²) in [6, 6.07) is 12.4. The molecule has 0 radical (unpaired) electrons. The van der Waals surface area contributed by atoms with Gasteiger partial charge in [0.2, 0.25) is 0 Å². The van der Waals surface area contributed by atoms with Crippen LogP contribution < -0.4 is 9.47 Å². The van der Waals surface area contributed by atoms with E-state index in [1.807, 2.05) is 13.8 Å². The first kappa shape index (κ1) is 27.2. The van der Waals surface area contributed by atoms with Crippen molar-refractivity contribution in [2.75, 3.05) is 0 Å². The molecule has 0 bridgehead atoms. The molecule has 2 atom stereocenters. The van der Waals surface area contributed by atoms with E-state index in [4.69, 9.17) is 9.47 Å². The molecule has 0 unspecified atom stereocenters. The third kappa shape index (κ3) is 10.7. The lowest BCUT2D eigenvalue weighted by atomic mass is 10.00. The van der Waals surface area contributed by atoms with Crippen LogP contribution in [0.4, 0.5) is 0 Å². The Balaban J connectivity index is 1.44. The third-order valence-corrected chi connectivity index (χ3v) is 5.94. The highest BCUT2D eigenvalue weighted by molar-refractivity contribution is 5.75. The van der Waals surface area contributed by atoms with E-state index in [2.05, 4.69) is 0 Å². The number of carbonyl (C=O) groups excluding carboxylic acids is 2. The lowest BCUT2D eigenvalue weighted by Gasteiger charge is -2.11. The molecular weight excluding hydrogens is 432 g/mol. The van der Waals surface area contributed by atoms with Gasteiger partial charge in [0.1, 0.15) is 23.0 Å². The van der Waals surface area contributed by atoms with E-state index in [9.17, 15) is 19.8 Å². The Kier molecular flexibility index (Phi) is 12.0. The van der Waals surface area contributed by atoms with Crippen LogP contribution in [0.1, 0.15) is 78.1 Å². The van der Waals surface area contributed by atoms with Crippen LogP contribution in [0.15, 0.2) is 48.5 Å². The second kappa shape index (κ2) is 15.0. The number of hydrogen-bond donors (Lipinski definition) is 2. The first-order valence-corrected chi connectivity index (χ1v) is 12.4. The number of carbonyl (C=O) groups is 2. The molecule has 0 aliphatic rings. The maximum absolute atomic E-state index is 12.1. The molecule has 186 valence electrons. The summed E-state index contributed by atoms with van der Waals surface area (Å²) in [6.07, 6.45) is 10.6. The van der Waals surface area contributed by atoms with E-state index in [1.54, 1.807) is 24.3 Å². The maximum atomic E-state index is 12.1. The molecule has 0 heterocycles. The molecule has 0 aliphatic carbocycles. The first-order chi connectivity index (χ1) is 16.3. The minimum Gasteiger partial charge on any atom is -0.508 e. The van der Waals surface area contributed by atoms with E-state index in [0.29, 0.717) is 11.5 Å². The van der Waals surface area contributed by atoms with Gasteiger partial charge in [-0.15, -0.1) is 0 Å². The highest BCUT2D eigenvalue weighted by Crippen LogP contribution is 2.21. The minimum atomic E-state index is -0.230. The number of phenols is 2. The molecule has 0 aliphatic heterocycles. The first-order valence-electron chi connectivity index (χ1n) is 12.4. The SMILES string of the molecule is C[C@@H](CCCCCCCCCC[C@H](C)C(=O)Oc1ccc(O)cc1)C(=O)Oc1ccc(O)cc1. The Labute approximate surface area is 202 Å². The Morgan fingerprint density at radius 3 is 1.21 bits per heavy atom. The second-order valence-electron chi connectivity index (χ2n) is 9.04. The molecule has 0 saturated carbocycles. The summed E-state index contributed by atoms with van der Waals surface area (Å²) in [7, 11) is 0. The Bertz CT molecular complexity index is 786. The molecule has 2 aromatic carbocycles. The van der Waals surface area contributed by atoms with Crippen LogP contribution in [0.2, 0.25) is 0 Å². The summed E-state index contributed by atoms with van der Waals surface area (Å²) in [5.41, 5.74) is 0. The van der Waals surface area contributed by atoms with Crippen LogP contribution >= 0.6 is 0 Å². The zero-order valence-electron chi connectivity index (χ0n) is 20.4. The van der Waals surface area contributed by atoms with E-state index in [1.165, 1.54) is 37.1 Å². The predicted octanol–water partition coefficient (Wildman–Crippen LogP) is 6.78. The molecule has 6 nitrogen and oxygen atoms in total. The summed E-state index contributed by atoms with van der Waals surface area (Å²) in [4.78, 5) is 24.3. The largest absolute Gasteiger partial charge is 0.508 e. The molecule has 34 heavy (non-hydrogen) atoms. The lowest BCUT2D eigenvalue weighted by molar-refractivity contribution is -0.139. The molecule has 2 rings (SSSR count). The molecule has 2 aromatic rings. The number of ether oxygens (including phenoxy) is 2. The van der Waals surface area contributed by atoms with E-state index in [0.717, 1.165) is 51.4 Å². The summed E-state index contributed by atoms with van der Waals surface area (Å²) in [5.74, 6) is 0.464. The lowest BCUT2D eigenvalue weighted by Crippen LogP contribution is -2.17. The van der Waals surface area contributed by atoms with Gasteiger partial charge in [-0.1, -0.05) is 65.2 Å². The van der Waals surface area contributed by atoms with Crippen molar-refractivity contribution in [3.05, 3.63) is 48.5 Å². The van der Waals surface area contributed by atoms with Crippen molar-refractivity contribution in [2.45, 2.75) is 78.1 Å². The fraction of sp³-hybridized carbons (Fsp3) is 0.500. The fourth-order valence-corrected chi connectivity index (χ4v) is 3.66. The van der Waals surface area contributed by atoms with Crippen molar-refractivity contribution in [3.8, 4) is 23.0 Å². The standard InChI is InChI=1S/C28H38O6/c1-21(27(31)33-25-17-13-23(29)14-18-25)11-9-7-5-3-4-6-8-10-12-22(2)28(32)34-26-19-15-24(30)16-20-26/h13-22,29-30H,3-12H2,1-2H3/t21-,22-/m0/s1. The number of rotatable bonds is 15. The van der Waals surface area contributed by atoms with Crippen LogP contribution in [-0.4, -0.2) is 22.2 Å². The van der Waals surface area contributed by atoms with Gasteiger partial charge in [0, 0.05) is 0 Å². The molecule has 0 spiro atoms. The van der Waals surface area contributed by atoms with Gasteiger partial charge >= 0.3 is 11.9 Å². The monoisotopic (exact) mass is 470 g/mol. The number of phenolic OH excluding ortho intramolecular Hbond substituents is 2. The molecule has 0 fully saturated rings. The van der Waals surface area contributed by atoms with Gasteiger partial charge in [-0.2, -0.15) is 0 Å². The Morgan fingerprint density at radius 2 is 0.882 bits per heavy atom. The van der Waals surface area contributed by atoms with E-state index < -0.39 is 0 Å². The summed E-state index contributed by atoms with van der Waals surface area (Å²) < 4.78 is 10.7. The number of benzene rings is 2. The summed E-state index contributed by atoms with van der Waals surface area (Å²) in [6.45, 7) is 3.79. The Hall–Kier alpha value is -3.02. The van der Waals surface area contributed by atoms with Crippen LogP contribution in [0.25, 0.3) is 0 Å². The van der Waals surface area contributed by atoms with Crippen molar-refractivity contribution in [3.63, 3.8) is 0 Å². The van der Waals surface area contributed by atoms with Crippen LogP contribution in [0.3, 0.4) is 0 Å². The smallest absolute Gasteiger partial charge is 0.314 e. The number of aromatic hydroxyl groups is 2. The van der Waals surface area contributed by atoms with Crippen LogP contribution in [0.5, 0.6) is 23.0 Å². The fourth-order valence-electron chi connectivity index (χ4n) is 3.66. The molecule has 0 saturated heterocycles. The highest BCUT2D eigenvalue weighted by atomic mass is 16.5. The molecule has 0 aromatic heterocycles. The van der Waals surface area contributed by atoms with Crippen LogP contribution in [-0.2, 0) is 9.59 Å². The van der Waals surface area contributed by atoms with Crippen molar-refractivity contribution in [1.82, 2.24) is 0 Å². The second-order valence-corrected chi connectivity index (χ2v) is 9.04. The van der Waals surface area contributed by atoms with Gasteiger partial charge in [0.25, 0.3) is 0 Å². The van der Waals surface area contributed by atoms with Crippen molar-refractivity contribution in [2.24, 2.45) is 11.8 Å². The van der Waals surface area contributed by atoms with E-state index >= 15 is 0 Å². The van der Waals surface area contributed by atoms with Gasteiger partial charge in [0.05, 0.1) is 11.8 Å².